The van der Waals surface area contributed by atoms with Crippen LogP contribution in [0.1, 0.15) is 62.9 Å². The van der Waals surface area contributed by atoms with Crippen molar-refractivity contribution < 1.29 is 10.2 Å². The number of allylic oxidation sites excluding steroid dienone is 5. The molecule has 0 aliphatic carbocycles. The molecule has 0 saturated heterocycles. The third-order valence-corrected chi connectivity index (χ3v) is 5.70. The lowest BCUT2D eigenvalue weighted by Gasteiger charge is -2.12. The number of rotatable bonds is 14. The number of hydrogen-bond acceptors (Lipinski definition) is 5. The van der Waals surface area contributed by atoms with E-state index in [1.54, 1.807) is 0 Å². The van der Waals surface area contributed by atoms with Crippen LogP contribution in [0.4, 0.5) is 0 Å². The number of aliphatic hydroxyl groups excluding tert-OH is 2. The van der Waals surface area contributed by atoms with Gasteiger partial charge in [-0.15, -0.1) is 0 Å². The van der Waals surface area contributed by atoms with Crippen molar-refractivity contribution >= 4 is 29.3 Å². The van der Waals surface area contributed by atoms with Gasteiger partial charge in [0.25, 0.3) is 0 Å². The summed E-state index contributed by atoms with van der Waals surface area (Å²) < 4.78 is 0. The highest BCUT2D eigenvalue weighted by Crippen LogP contribution is 2.17. The molecule has 35 heavy (non-hydrogen) atoms. The average Bonchev–Trinajstić information content (AvgIpc) is 2.86. The van der Waals surface area contributed by atoms with E-state index in [2.05, 4.69) is 24.9 Å². The predicted molar refractivity (Wildman–Crippen MR) is 147 cm³/mol. The Labute approximate surface area is 214 Å². The van der Waals surface area contributed by atoms with Crippen molar-refractivity contribution in [3.63, 3.8) is 0 Å². The van der Waals surface area contributed by atoms with Gasteiger partial charge in [-0.3, -0.25) is 5.32 Å². The molecule has 0 radical (unpaired) electrons. The monoisotopic (exact) mass is 495 g/mol. The SMILES string of the molecule is C=C/C(=C\C=C/C)c1nc(=C/CC)/c(=C\CC(O)NCc2ccc(Cl)cc2)nc1CCCCCO. The number of aromatic nitrogens is 2. The minimum absolute atomic E-state index is 0.196. The van der Waals surface area contributed by atoms with E-state index < -0.39 is 6.23 Å². The fraction of sp³-hybridized carbons (Fsp3) is 0.379. The summed E-state index contributed by atoms with van der Waals surface area (Å²) >= 11 is 5.94. The Morgan fingerprint density at radius 2 is 1.86 bits per heavy atom. The highest BCUT2D eigenvalue weighted by molar-refractivity contribution is 6.30. The molecule has 3 N–H and O–H groups in total. The molecule has 188 valence electrons. The van der Waals surface area contributed by atoms with Crippen molar-refractivity contribution in [3.8, 4) is 0 Å². The van der Waals surface area contributed by atoms with Crippen LogP contribution in [0, 0.1) is 0 Å². The van der Waals surface area contributed by atoms with Gasteiger partial charge in [0.05, 0.1) is 22.1 Å². The molecule has 1 heterocycles. The first-order chi connectivity index (χ1) is 17.0. The van der Waals surface area contributed by atoms with Crippen molar-refractivity contribution in [2.24, 2.45) is 0 Å². The van der Waals surface area contributed by atoms with E-state index in [9.17, 15) is 5.11 Å². The van der Waals surface area contributed by atoms with Crippen LogP contribution in [0.3, 0.4) is 0 Å². The minimum Gasteiger partial charge on any atom is -0.396 e. The van der Waals surface area contributed by atoms with Crippen LogP contribution in [0.2, 0.25) is 5.02 Å². The summed E-state index contributed by atoms with van der Waals surface area (Å²) in [5.74, 6) is 0. The minimum atomic E-state index is -0.715. The van der Waals surface area contributed by atoms with E-state index in [-0.39, 0.29) is 6.61 Å². The van der Waals surface area contributed by atoms with Gasteiger partial charge in [-0.25, -0.2) is 9.97 Å². The molecule has 1 aromatic heterocycles. The first kappa shape index (κ1) is 28.7. The lowest BCUT2D eigenvalue weighted by Crippen LogP contribution is -2.35. The quantitative estimate of drug-likeness (QED) is 0.205. The Kier molecular flexibility index (Phi) is 13.2. The molecule has 0 aliphatic heterocycles. The summed E-state index contributed by atoms with van der Waals surface area (Å²) in [4.78, 5) is 9.97. The van der Waals surface area contributed by atoms with Gasteiger partial charge in [-0.05, 0) is 50.3 Å². The maximum absolute atomic E-state index is 10.5. The Bertz CT molecular complexity index is 1110. The van der Waals surface area contributed by atoms with E-state index >= 15 is 0 Å². The number of nitrogens with zero attached hydrogens (tertiary/aromatic N) is 2. The number of nitrogens with one attached hydrogen (secondary N) is 1. The molecule has 1 aromatic carbocycles. The van der Waals surface area contributed by atoms with Crippen molar-refractivity contribution in [2.75, 3.05) is 6.61 Å². The molecular formula is C29H38ClN3O2. The van der Waals surface area contributed by atoms with Gasteiger partial charge in [0, 0.05) is 30.2 Å². The Balaban J connectivity index is 2.34. The maximum atomic E-state index is 10.5. The molecule has 1 atom stereocenters. The van der Waals surface area contributed by atoms with Gasteiger partial charge in [0.15, 0.2) is 0 Å². The summed E-state index contributed by atoms with van der Waals surface area (Å²) in [6.45, 7) is 8.76. The Morgan fingerprint density at radius 1 is 1.11 bits per heavy atom. The van der Waals surface area contributed by atoms with Crippen molar-refractivity contribution in [2.45, 2.75) is 65.1 Å². The molecule has 0 bridgehead atoms. The first-order valence-electron chi connectivity index (χ1n) is 12.3. The molecule has 2 rings (SSSR count). The zero-order valence-electron chi connectivity index (χ0n) is 20.9. The van der Waals surface area contributed by atoms with Crippen molar-refractivity contribution in [1.82, 2.24) is 15.3 Å². The lowest BCUT2D eigenvalue weighted by atomic mass is 10.0. The molecule has 0 amide bonds. The van der Waals surface area contributed by atoms with Crippen LogP contribution >= 0.6 is 11.6 Å². The molecular weight excluding hydrogens is 458 g/mol. The fourth-order valence-corrected chi connectivity index (χ4v) is 3.69. The topological polar surface area (TPSA) is 78.3 Å². The second kappa shape index (κ2) is 16.2. The third kappa shape index (κ3) is 9.90. The fourth-order valence-electron chi connectivity index (χ4n) is 3.57. The van der Waals surface area contributed by atoms with Crippen LogP contribution in [-0.4, -0.2) is 33.0 Å². The van der Waals surface area contributed by atoms with Gasteiger partial charge in [0.1, 0.15) is 6.23 Å². The molecule has 2 aromatic rings. The number of aliphatic hydroxyl groups is 2. The summed E-state index contributed by atoms with van der Waals surface area (Å²) in [7, 11) is 0. The standard InChI is InChI=1S/C29H38ClN3O2/c1-4-7-12-23(6-3)29-27(13-9-8-10-20-34)32-26(25(33-29)11-5-2)18-19-28(35)31-21-22-14-16-24(30)17-15-22/h4,6-7,11-12,14-18,28,31,34-35H,3,5,8-10,13,19-21H2,1-2H3/b7-4-,23-12+,25-11+,26-18+. The van der Waals surface area contributed by atoms with Crippen LogP contribution < -0.4 is 16.0 Å². The lowest BCUT2D eigenvalue weighted by molar-refractivity contribution is 0.142. The highest BCUT2D eigenvalue weighted by atomic mass is 35.5. The molecule has 1 unspecified atom stereocenters. The van der Waals surface area contributed by atoms with E-state index in [0.717, 1.165) is 65.3 Å². The average molecular weight is 496 g/mol. The normalized spacial score (nSPS) is 14.1. The van der Waals surface area contributed by atoms with Gasteiger partial charge >= 0.3 is 0 Å². The van der Waals surface area contributed by atoms with Crippen LogP contribution in [0.25, 0.3) is 17.7 Å². The van der Waals surface area contributed by atoms with Crippen molar-refractivity contribution in [3.05, 3.63) is 87.8 Å². The molecule has 0 saturated carbocycles. The number of hydrogen-bond donors (Lipinski definition) is 3. The summed E-state index contributed by atoms with van der Waals surface area (Å²) in [5, 5.41) is 25.0. The Hall–Kier alpha value is -2.57. The van der Waals surface area contributed by atoms with E-state index in [1.165, 1.54) is 0 Å². The highest BCUT2D eigenvalue weighted by Gasteiger charge is 2.11. The van der Waals surface area contributed by atoms with Crippen LogP contribution in [0.5, 0.6) is 0 Å². The summed E-state index contributed by atoms with van der Waals surface area (Å²) in [6, 6.07) is 7.55. The molecule has 0 fully saturated rings. The first-order valence-corrected chi connectivity index (χ1v) is 12.7. The molecule has 0 aliphatic rings. The number of unbranched alkanes of at least 4 members (excludes halogenated alkanes) is 2. The van der Waals surface area contributed by atoms with Gasteiger partial charge in [0.2, 0.25) is 0 Å². The van der Waals surface area contributed by atoms with Crippen LogP contribution in [-0.2, 0) is 13.0 Å². The smallest absolute Gasteiger partial charge is 0.108 e. The van der Waals surface area contributed by atoms with E-state index in [0.29, 0.717) is 18.0 Å². The molecule has 5 nitrogen and oxygen atoms in total. The predicted octanol–water partition coefficient (Wildman–Crippen LogP) is 4.45. The second-order valence-electron chi connectivity index (χ2n) is 8.25. The van der Waals surface area contributed by atoms with E-state index in [4.69, 9.17) is 26.7 Å². The summed E-state index contributed by atoms with van der Waals surface area (Å²) in [5.41, 5.74) is 3.71. The number of aryl methyl sites for hydroxylation is 1. The summed E-state index contributed by atoms with van der Waals surface area (Å²) in [6.07, 6.45) is 15.6. The second-order valence-corrected chi connectivity index (χ2v) is 8.69. The number of halogens is 1. The Morgan fingerprint density at radius 3 is 2.51 bits per heavy atom. The maximum Gasteiger partial charge on any atom is 0.108 e. The van der Waals surface area contributed by atoms with Gasteiger partial charge < -0.3 is 10.2 Å². The van der Waals surface area contributed by atoms with Crippen molar-refractivity contribution in [1.29, 1.82) is 0 Å². The molecule has 0 spiro atoms. The zero-order chi connectivity index (χ0) is 25.5. The van der Waals surface area contributed by atoms with E-state index in [1.807, 2.05) is 61.6 Å². The van der Waals surface area contributed by atoms with Gasteiger partial charge in [-0.2, -0.15) is 0 Å². The van der Waals surface area contributed by atoms with Gasteiger partial charge in [-0.1, -0.05) is 80.1 Å². The molecule has 6 heteroatoms. The third-order valence-electron chi connectivity index (χ3n) is 5.44. The van der Waals surface area contributed by atoms with Crippen LogP contribution in [0.15, 0.2) is 55.1 Å². The number of benzene rings is 1. The zero-order valence-corrected chi connectivity index (χ0v) is 21.6. The largest absolute Gasteiger partial charge is 0.396 e.